The summed E-state index contributed by atoms with van der Waals surface area (Å²) >= 11 is 0. The van der Waals surface area contributed by atoms with Gasteiger partial charge in [0.25, 0.3) is 0 Å². The molecule has 0 saturated heterocycles. The lowest BCUT2D eigenvalue weighted by molar-refractivity contribution is -0.150. The van der Waals surface area contributed by atoms with Crippen LogP contribution in [0.5, 0.6) is 0 Å². The molecule has 26 heavy (non-hydrogen) atoms. The highest BCUT2D eigenvalue weighted by Crippen LogP contribution is 2.13. The second kappa shape index (κ2) is 18.5. The van der Waals surface area contributed by atoms with Gasteiger partial charge in [0.2, 0.25) is 0 Å². The molecule has 0 atom stereocenters. The lowest BCUT2D eigenvalue weighted by atomic mass is 10.0. The molecule has 0 bridgehead atoms. The minimum atomic E-state index is -0.447. The first-order valence-corrected chi connectivity index (χ1v) is 10.6. The third-order valence-electron chi connectivity index (χ3n) is 4.41. The van der Waals surface area contributed by atoms with Gasteiger partial charge in [-0.1, -0.05) is 90.6 Å². The fourth-order valence-corrected chi connectivity index (χ4v) is 2.77. The topological polar surface area (TPSA) is 52.6 Å². The summed E-state index contributed by atoms with van der Waals surface area (Å²) in [6, 6.07) is 0. The summed E-state index contributed by atoms with van der Waals surface area (Å²) in [4.78, 5) is 22.7. The molecule has 0 fully saturated rings. The summed E-state index contributed by atoms with van der Waals surface area (Å²) in [6.07, 6.45) is 17.2. The molecule has 0 aromatic rings. The quantitative estimate of drug-likeness (QED) is 0.166. The first-order chi connectivity index (χ1) is 12.6. The first-order valence-electron chi connectivity index (χ1n) is 10.6. The molecule has 0 saturated carbocycles. The molecule has 0 unspecified atom stereocenters. The Morgan fingerprint density at radius 1 is 0.692 bits per heavy atom. The smallest absolute Gasteiger partial charge is 0.333 e. The monoisotopic (exact) mass is 368 g/mol. The molecule has 4 heteroatoms. The summed E-state index contributed by atoms with van der Waals surface area (Å²) < 4.78 is 9.89. The van der Waals surface area contributed by atoms with E-state index in [1.165, 1.54) is 70.6 Å². The minimum absolute atomic E-state index is 0.0933. The number of ether oxygens (including phenoxy) is 2. The molecule has 0 spiro atoms. The Balaban J connectivity index is 3.23. The van der Waals surface area contributed by atoms with Crippen molar-refractivity contribution in [2.45, 2.75) is 104 Å². The van der Waals surface area contributed by atoms with Gasteiger partial charge in [0.05, 0.1) is 0 Å². The summed E-state index contributed by atoms with van der Waals surface area (Å²) in [5.41, 5.74) is 0.350. The van der Waals surface area contributed by atoms with Gasteiger partial charge in [-0.3, -0.25) is 4.79 Å². The predicted octanol–water partition coefficient (Wildman–Crippen LogP) is 6.13. The van der Waals surface area contributed by atoms with E-state index in [4.69, 9.17) is 9.47 Å². The number of esters is 2. The van der Waals surface area contributed by atoms with Crippen molar-refractivity contribution in [2.75, 3.05) is 13.2 Å². The Bertz CT molecular complexity index is 376. The normalized spacial score (nSPS) is 10.5. The van der Waals surface area contributed by atoms with Crippen LogP contribution in [-0.2, 0) is 19.1 Å². The van der Waals surface area contributed by atoms with Crippen molar-refractivity contribution in [2.24, 2.45) is 0 Å². The van der Waals surface area contributed by atoms with Crippen LogP contribution < -0.4 is 0 Å². The van der Waals surface area contributed by atoms with Crippen LogP contribution in [0.15, 0.2) is 12.2 Å². The van der Waals surface area contributed by atoms with Crippen LogP contribution in [0.3, 0.4) is 0 Å². The third-order valence-corrected chi connectivity index (χ3v) is 4.41. The van der Waals surface area contributed by atoms with Crippen LogP contribution in [-0.4, -0.2) is 25.2 Å². The van der Waals surface area contributed by atoms with Crippen molar-refractivity contribution in [3.63, 3.8) is 0 Å². The molecular formula is C22H40O4. The SMILES string of the molecule is C=C(C)C(=O)OCCOC(=O)CCCCCCCCCCCCCCC. The van der Waals surface area contributed by atoms with Gasteiger partial charge in [0, 0.05) is 12.0 Å². The zero-order valence-electron chi connectivity index (χ0n) is 17.2. The minimum Gasteiger partial charge on any atom is -0.462 e. The average Bonchev–Trinajstić information content (AvgIpc) is 2.62. The van der Waals surface area contributed by atoms with Crippen molar-refractivity contribution >= 4 is 11.9 Å². The Labute approximate surface area is 160 Å². The molecule has 0 aliphatic heterocycles. The number of carbonyl (C=O) groups is 2. The summed E-state index contributed by atoms with van der Waals surface area (Å²) in [6.45, 7) is 7.54. The van der Waals surface area contributed by atoms with Crippen molar-refractivity contribution < 1.29 is 19.1 Å². The van der Waals surface area contributed by atoms with Gasteiger partial charge in [-0.2, -0.15) is 0 Å². The van der Waals surface area contributed by atoms with Crippen LogP contribution in [0.25, 0.3) is 0 Å². The fraction of sp³-hybridized carbons (Fsp3) is 0.818. The highest BCUT2D eigenvalue weighted by molar-refractivity contribution is 5.86. The Morgan fingerprint density at radius 2 is 1.12 bits per heavy atom. The second-order valence-electron chi connectivity index (χ2n) is 7.13. The molecule has 0 radical (unpaired) electrons. The molecule has 0 rings (SSSR count). The van der Waals surface area contributed by atoms with E-state index in [0.29, 0.717) is 12.0 Å². The van der Waals surface area contributed by atoms with Gasteiger partial charge < -0.3 is 9.47 Å². The summed E-state index contributed by atoms with van der Waals surface area (Å²) in [7, 11) is 0. The van der Waals surface area contributed by atoms with Gasteiger partial charge in [-0.05, 0) is 13.3 Å². The zero-order chi connectivity index (χ0) is 19.5. The van der Waals surface area contributed by atoms with Crippen LogP contribution in [0.2, 0.25) is 0 Å². The lowest BCUT2D eigenvalue weighted by Crippen LogP contribution is -2.14. The Morgan fingerprint density at radius 3 is 1.58 bits per heavy atom. The third kappa shape index (κ3) is 17.5. The largest absolute Gasteiger partial charge is 0.462 e. The highest BCUT2D eigenvalue weighted by Gasteiger charge is 2.05. The first kappa shape index (κ1) is 24.7. The standard InChI is InChI=1S/C22H40O4/c1-4-5-6-7-8-9-10-11-12-13-14-15-16-17-21(23)25-18-19-26-22(24)20(2)3/h2,4-19H2,1,3H3. The second-order valence-corrected chi connectivity index (χ2v) is 7.13. The van der Waals surface area contributed by atoms with Crippen LogP contribution in [0.1, 0.15) is 104 Å². The molecule has 152 valence electrons. The molecular weight excluding hydrogens is 328 g/mol. The van der Waals surface area contributed by atoms with Crippen LogP contribution in [0, 0.1) is 0 Å². The van der Waals surface area contributed by atoms with Gasteiger partial charge in [0.1, 0.15) is 13.2 Å². The number of carbonyl (C=O) groups excluding carboxylic acids is 2. The van der Waals surface area contributed by atoms with Gasteiger partial charge in [-0.15, -0.1) is 0 Å². The molecule has 0 heterocycles. The van der Waals surface area contributed by atoms with E-state index in [1.54, 1.807) is 6.92 Å². The average molecular weight is 369 g/mol. The van der Waals surface area contributed by atoms with E-state index in [9.17, 15) is 9.59 Å². The van der Waals surface area contributed by atoms with Crippen LogP contribution in [0.4, 0.5) is 0 Å². The maximum Gasteiger partial charge on any atom is 0.333 e. The van der Waals surface area contributed by atoms with Gasteiger partial charge >= 0.3 is 11.9 Å². The van der Waals surface area contributed by atoms with E-state index >= 15 is 0 Å². The Hall–Kier alpha value is -1.32. The van der Waals surface area contributed by atoms with Gasteiger partial charge in [0.15, 0.2) is 0 Å². The highest BCUT2D eigenvalue weighted by atomic mass is 16.6. The molecule has 0 aromatic heterocycles. The molecule has 4 nitrogen and oxygen atoms in total. The van der Waals surface area contributed by atoms with E-state index in [0.717, 1.165) is 12.8 Å². The number of unbranched alkanes of at least 4 members (excludes halogenated alkanes) is 12. The zero-order valence-corrected chi connectivity index (χ0v) is 17.2. The molecule has 0 aliphatic rings. The predicted molar refractivity (Wildman–Crippen MR) is 107 cm³/mol. The molecule has 0 aliphatic carbocycles. The molecule has 0 aromatic carbocycles. The van der Waals surface area contributed by atoms with Crippen molar-refractivity contribution in [3.05, 3.63) is 12.2 Å². The molecule has 0 amide bonds. The van der Waals surface area contributed by atoms with Crippen molar-refractivity contribution in [3.8, 4) is 0 Å². The lowest BCUT2D eigenvalue weighted by Gasteiger charge is -2.06. The number of rotatable bonds is 18. The summed E-state index contributed by atoms with van der Waals surface area (Å²) in [5, 5.41) is 0. The van der Waals surface area contributed by atoms with Crippen LogP contribution >= 0.6 is 0 Å². The maximum absolute atomic E-state index is 11.5. The van der Waals surface area contributed by atoms with Crippen molar-refractivity contribution in [1.29, 1.82) is 0 Å². The molecule has 0 N–H and O–H groups in total. The van der Waals surface area contributed by atoms with Crippen molar-refractivity contribution in [1.82, 2.24) is 0 Å². The number of hydrogen-bond donors (Lipinski definition) is 0. The van der Waals surface area contributed by atoms with E-state index in [1.807, 2.05) is 0 Å². The maximum atomic E-state index is 11.5. The summed E-state index contributed by atoms with van der Waals surface area (Å²) in [5.74, 6) is -0.656. The van der Waals surface area contributed by atoms with Gasteiger partial charge in [-0.25, -0.2) is 4.79 Å². The van der Waals surface area contributed by atoms with E-state index in [-0.39, 0.29) is 19.2 Å². The number of hydrogen-bond acceptors (Lipinski definition) is 4. The Kier molecular flexibility index (Phi) is 17.5. The fourth-order valence-electron chi connectivity index (χ4n) is 2.77. The van der Waals surface area contributed by atoms with E-state index < -0.39 is 5.97 Å². The van der Waals surface area contributed by atoms with E-state index in [2.05, 4.69) is 13.5 Å².